The molecule has 0 radical (unpaired) electrons. The smallest absolute Gasteiger partial charge is 0.185 e. The fourth-order valence-corrected chi connectivity index (χ4v) is 1.20. The molecular weight excluding hydrogens is 334 g/mol. The van der Waals surface area contributed by atoms with Crippen LogP contribution in [0.25, 0.3) is 0 Å². The maximum Gasteiger partial charge on any atom is 0.185 e. The van der Waals surface area contributed by atoms with Crippen molar-refractivity contribution in [2.24, 2.45) is 11.5 Å². The number of hydrogen-bond donors (Lipinski definition) is 5. The van der Waals surface area contributed by atoms with E-state index in [0.29, 0.717) is 6.54 Å². The van der Waals surface area contributed by atoms with Crippen LogP contribution in [0.2, 0.25) is 0 Å². The van der Waals surface area contributed by atoms with Crippen LogP contribution in [0.1, 0.15) is 12.8 Å². The molecule has 0 aromatic heterocycles. The molecule has 0 bridgehead atoms. The summed E-state index contributed by atoms with van der Waals surface area (Å²) in [6.07, 6.45) is 1.92. The summed E-state index contributed by atoms with van der Waals surface area (Å²) in [5.74, 6) is 0.865. The van der Waals surface area contributed by atoms with Crippen LogP contribution in [-0.4, -0.2) is 23.4 Å². The SMILES string of the molecule is Br.Br.N=C(N)NCCCCSC(=N)N. The van der Waals surface area contributed by atoms with Crippen LogP contribution in [0, 0.1) is 10.8 Å². The summed E-state index contributed by atoms with van der Waals surface area (Å²) in [7, 11) is 0. The molecule has 0 saturated carbocycles. The Balaban J connectivity index is -0.000000605. The Morgan fingerprint density at radius 1 is 1.14 bits per heavy atom. The molecule has 5 nitrogen and oxygen atoms in total. The third-order valence-electron chi connectivity index (χ3n) is 1.14. The molecule has 0 atom stereocenters. The van der Waals surface area contributed by atoms with Gasteiger partial charge in [0.05, 0.1) is 0 Å². The Morgan fingerprint density at radius 2 is 1.71 bits per heavy atom. The van der Waals surface area contributed by atoms with Gasteiger partial charge in [0, 0.05) is 12.3 Å². The Hall–Kier alpha value is 0.0500. The van der Waals surface area contributed by atoms with Crippen LogP contribution in [0.4, 0.5) is 0 Å². The van der Waals surface area contributed by atoms with Crippen molar-refractivity contribution in [1.29, 1.82) is 10.8 Å². The van der Waals surface area contributed by atoms with Gasteiger partial charge in [-0.05, 0) is 12.8 Å². The van der Waals surface area contributed by atoms with Gasteiger partial charge >= 0.3 is 0 Å². The summed E-state index contributed by atoms with van der Waals surface area (Å²) < 4.78 is 0. The summed E-state index contributed by atoms with van der Waals surface area (Å²) in [5.41, 5.74) is 10.2. The average Bonchev–Trinajstić information content (AvgIpc) is 1.95. The van der Waals surface area contributed by atoms with Crippen molar-refractivity contribution in [1.82, 2.24) is 5.32 Å². The van der Waals surface area contributed by atoms with Gasteiger partial charge in [0.25, 0.3) is 0 Å². The maximum absolute atomic E-state index is 6.91. The molecule has 0 heterocycles. The summed E-state index contributed by atoms with van der Waals surface area (Å²) >= 11 is 1.34. The van der Waals surface area contributed by atoms with E-state index in [1.165, 1.54) is 11.8 Å². The van der Waals surface area contributed by atoms with Gasteiger partial charge in [0.15, 0.2) is 11.1 Å². The Kier molecular flexibility index (Phi) is 18.3. The summed E-state index contributed by atoms with van der Waals surface area (Å²) in [6.45, 7) is 0.716. The number of unbranched alkanes of at least 4 members (excludes halogenated alkanes) is 1. The van der Waals surface area contributed by atoms with Crippen LogP contribution in [0.5, 0.6) is 0 Å². The summed E-state index contributed by atoms with van der Waals surface area (Å²) in [4.78, 5) is 0. The highest BCUT2D eigenvalue weighted by molar-refractivity contribution is 8.93. The lowest BCUT2D eigenvalue weighted by Gasteiger charge is -2.02. The second kappa shape index (κ2) is 13.1. The number of guanidine groups is 1. The zero-order valence-electron chi connectivity index (χ0n) is 7.71. The van der Waals surface area contributed by atoms with E-state index in [1.54, 1.807) is 0 Å². The molecule has 7 N–H and O–H groups in total. The van der Waals surface area contributed by atoms with Crippen LogP contribution >= 0.6 is 45.7 Å². The molecule has 86 valence electrons. The first-order valence-electron chi connectivity index (χ1n) is 3.67. The van der Waals surface area contributed by atoms with Gasteiger partial charge in [-0.2, -0.15) is 0 Å². The van der Waals surface area contributed by atoms with E-state index in [-0.39, 0.29) is 45.1 Å². The molecule has 0 unspecified atom stereocenters. The van der Waals surface area contributed by atoms with Gasteiger partial charge in [0.2, 0.25) is 0 Å². The monoisotopic (exact) mass is 349 g/mol. The van der Waals surface area contributed by atoms with Gasteiger partial charge in [-0.3, -0.25) is 10.8 Å². The van der Waals surface area contributed by atoms with Crippen molar-refractivity contribution in [3.8, 4) is 0 Å². The van der Waals surface area contributed by atoms with E-state index >= 15 is 0 Å². The van der Waals surface area contributed by atoms with Gasteiger partial charge in [-0.25, -0.2) is 0 Å². The minimum absolute atomic E-state index is 0. The fourth-order valence-electron chi connectivity index (χ4n) is 0.632. The molecule has 0 aliphatic heterocycles. The van der Waals surface area contributed by atoms with Gasteiger partial charge < -0.3 is 16.8 Å². The highest BCUT2D eigenvalue weighted by atomic mass is 79.9. The standard InChI is InChI=1S/C6H15N5S.2BrH/c7-5(8)11-3-1-2-4-12-6(9)10;;/h1-4H2,(H3,9,10)(H4,7,8,11);2*1H. The Bertz CT molecular complexity index is 148. The molecule has 0 rings (SSSR count). The van der Waals surface area contributed by atoms with Crippen molar-refractivity contribution < 1.29 is 0 Å². The molecule has 8 heteroatoms. The largest absolute Gasteiger partial charge is 0.379 e. The summed E-state index contributed by atoms with van der Waals surface area (Å²) in [6, 6.07) is 0. The Labute approximate surface area is 109 Å². The highest BCUT2D eigenvalue weighted by Crippen LogP contribution is 2.01. The van der Waals surface area contributed by atoms with E-state index in [0.717, 1.165) is 18.6 Å². The third kappa shape index (κ3) is 18.0. The Morgan fingerprint density at radius 3 is 2.14 bits per heavy atom. The third-order valence-corrected chi connectivity index (χ3v) is 1.95. The number of rotatable bonds is 5. The molecule has 14 heavy (non-hydrogen) atoms. The van der Waals surface area contributed by atoms with Gasteiger partial charge in [-0.1, -0.05) is 11.8 Å². The topological polar surface area (TPSA) is 112 Å². The maximum atomic E-state index is 6.91. The zero-order chi connectivity index (χ0) is 9.40. The molecule has 0 amide bonds. The molecule has 0 aliphatic rings. The molecule has 0 fully saturated rings. The van der Waals surface area contributed by atoms with Gasteiger partial charge in [0.1, 0.15) is 0 Å². The number of thioether (sulfide) groups is 1. The second-order valence-corrected chi connectivity index (χ2v) is 3.40. The fraction of sp³-hybridized carbons (Fsp3) is 0.667. The minimum atomic E-state index is 0. The molecule has 0 saturated heterocycles. The van der Waals surface area contributed by atoms with Crippen LogP contribution in [-0.2, 0) is 0 Å². The predicted octanol–water partition coefficient (Wildman–Crippen LogP) is 1.03. The number of halogens is 2. The minimum Gasteiger partial charge on any atom is -0.379 e. The van der Waals surface area contributed by atoms with Crippen molar-refractivity contribution in [3.63, 3.8) is 0 Å². The zero-order valence-corrected chi connectivity index (χ0v) is 12.0. The summed E-state index contributed by atoms with van der Waals surface area (Å²) in [5, 5.41) is 16.6. The van der Waals surface area contributed by atoms with Crippen molar-refractivity contribution in [3.05, 3.63) is 0 Å². The van der Waals surface area contributed by atoms with Crippen LogP contribution in [0.15, 0.2) is 0 Å². The highest BCUT2D eigenvalue weighted by Gasteiger charge is 1.92. The number of hydrogen-bond acceptors (Lipinski definition) is 3. The molecule has 0 aliphatic carbocycles. The first-order valence-corrected chi connectivity index (χ1v) is 4.66. The van der Waals surface area contributed by atoms with E-state index in [1.807, 2.05) is 0 Å². The number of amidine groups is 1. The number of nitrogens with one attached hydrogen (secondary N) is 3. The molecular formula is C6H17Br2N5S. The van der Waals surface area contributed by atoms with E-state index in [2.05, 4.69) is 5.32 Å². The van der Waals surface area contributed by atoms with Crippen molar-refractivity contribution >= 4 is 56.9 Å². The second-order valence-electron chi connectivity index (χ2n) is 2.26. The normalized spacial score (nSPS) is 8.00. The van der Waals surface area contributed by atoms with Crippen molar-refractivity contribution in [2.75, 3.05) is 12.3 Å². The van der Waals surface area contributed by atoms with E-state index in [4.69, 9.17) is 22.3 Å². The first-order chi connectivity index (χ1) is 5.63. The average molecular weight is 351 g/mol. The van der Waals surface area contributed by atoms with Crippen LogP contribution in [0.3, 0.4) is 0 Å². The van der Waals surface area contributed by atoms with Crippen LogP contribution < -0.4 is 16.8 Å². The lowest BCUT2D eigenvalue weighted by Crippen LogP contribution is -2.30. The first kappa shape index (κ1) is 19.6. The van der Waals surface area contributed by atoms with E-state index < -0.39 is 0 Å². The molecule has 0 spiro atoms. The molecule has 0 aromatic carbocycles. The quantitative estimate of drug-likeness (QED) is 0.289. The lowest BCUT2D eigenvalue weighted by atomic mass is 10.3. The molecule has 0 aromatic rings. The predicted molar refractivity (Wildman–Crippen MR) is 74.2 cm³/mol. The van der Waals surface area contributed by atoms with Crippen molar-refractivity contribution in [2.45, 2.75) is 12.8 Å². The number of nitrogens with two attached hydrogens (primary N) is 2. The van der Waals surface area contributed by atoms with E-state index in [9.17, 15) is 0 Å². The van der Waals surface area contributed by atoms with Gasteiger partial charge in [-0.15, -0.1) is 34.0 Å². The lowest BCUT2D eigenvalue weighted by molar-refractivity contribution is 0.755.